The molecule has 6 nitrogen and oxygen atoms in total. The number of hydrogen-bond donors (Lipinski definition) is 2. The first-order valence-corrected chi connectivity index (χ1v) is 9.93. The SMILES string of the molecule is O=C(CC1C(=O)NCCN1CCCc1ccccc1)NCCc1cccnc1. The van der Waals surface area contributed by atoms with Crippen LogP contribution in [-0.4, -0.2) is 53.9 Å². The molecule has 1 aromatic carbocycles. The summed E-state index contributed by atoms with van der Waals surface area (Å²) in [7, 11) is 0. The van der Waals surface area contributed by atoms with Gasteiger partial charge in [0.1, 0.15) is 0 Å². The zero-order chi connectivity index (χ0) is 19.6. The predicted octanol–water partition coefficient (Wildman–Crippen LogP) is 1.56. The first-order chi connectivity index (χ1) is 13.7. The van der Waals surface area contributed by atoms with Crippen LogP contribution in [0.3, 0.4) is 0 Å². The van der Waals surface area contributed by atoms with Gasteiger partial charge in [0.15, 0.2) is 0 Å². The minimum atomic E-state index is -0.386. The van der Waals surface area contributed by atoms with Gasteiger partial charge in [-0.15, -0.1) is 0 Å². The maximum atomic E-state index is 12.4. The first kappa shape index (κ1) is 20.0. The van der Waals surface area contributed by atoms with E-state index in [1.54, 1.807) is 12.4 Å². The predicted molar refractivity (Wildman–Crippen MR) is 109 cm³/mol. The van der Waals surface area contributed by atoms with E-state index < -0.39 is 0 Å². The van der Waals surface area contributed by atoms with Crippen molar-refractivity contribution in [3.8, 4) is 0 Å². The fourth-order valence-electron chi connectivity index (χ4n) is 3.52. The van der Waals surface area contributed by atoms with Crippen LogP contribution in [0.5, 0.6) is 0 Å². The molecule has 1 fully saturated rings. The van der Waals surface area contributed by atoms with E-state index in [-0.39, 0.29) is 24.3 Å². The Hall–Kier alpha value is -2.73. The van der Waals surface area contributed by atoms with Crippen LogP contribution in [0.4, 0.5) is 0 Å². The van der Waals surface area contributed by atoms with Crippen molar-refractivity contribution in [2.24, 2.45) is 0 Å². The van der Waals surface area contributed by atoms with Crippen LogP contribution >= 0.6 is 0 Å². The zero-order valence-corrected chi connectivity index (χ0v) is 16.1. The smallest absolute Gasteiger partial charge is 0.237 e. The number of nitrogens with zero attached hydrogens (tertiary/aromatic N) is 2. The van der Waals surface area contributed by atoms with Crippen molar-refractivity contribution in [1.82, 2.24) is 20.5 Å². The number of carbonyl (C=O) groups excluding carboxylic acids is 2. The number of nitrogens with one attached hydrogen (secondary N) is 2. The number of carbonyl (C=O) groups is 2. The molecule has 0 radical (unpaired) electrons. The molecule has 2 amide bonds. The quantitative estimate of drug-likeness (QED) is 0.692. The number of benzene rings is 1. The summed E-state index contributed by atoms with van der Waals surface area (Å²) in [5.41, 5.74) is 2.38. The molecule has 0 aliphatic carbocycles. The standard InChI is InChI=1S/C22H28N4O2/c27-21(24-12-10-19-8-4-11-23-17-19)16-20-22(28)25-13-15-26(20)14-5-9-18-6-2-1-3-7-18/h1-4,6-8,11,17,20H,5,9-10,12-16H2,(H,24,27)(H,25,28). The average molecular weight is 380 g/mol. The van der Waals surface area contributed by atoms with E-state index in [4.69, 9.17) is 0 Å². The molecular formula is C22H28N4O2. The van der Waals surface area contributed by atoms with E-state index >= 15 is 0 Å². The average Bonchev–Trinajstić information content (AvgIpc) is 2.72. The first-order valence-electron chi connectivity index (χ1n) is 9.93. The van der Waals surface area contributed by atoms with Crippen LogP contribution in [0.15, 0.2) is 54.9 Å². The highest BCUT2D eigenvalue weighted by molar-refractivity contribution is 5.88. The Morgan fingerprint density at radius 2 is 1.96 bits per heavy atom. The summed E-state index contributed by atoms with van der Waals surface area (Å²) < 4.78 is 0. The van der Waals surface area contributed by atoms with Crippen molar-refractivity contribution < 1.29 is 9.59 Å². The third-order valence-electron chi connectivity index (χ3n) is 5.03. The minimum Gasteiger partial charge on any atom is -0.356 e. The zero-order valence-electron chi connectivity index (χ0n) is 16.1. The van der Waals surface area contributed by atoms with Crippen molar-refractivity contribution in [2.45, 2.75) is 31.7 Å². The van der Waals surface area contributed by atoms with E-state index in [2.05, 4.69) is 32.7 Å². The summed E-state index contributed by atoms with van der Waals surface area (Å²) in [5.74, 6) is -0.132. The van der Waals surface area contributed by atoms with E-state index in [0.29, 0.717) is 13.1 Å². The lowest BCUT2D eigenvalue weighted by atomic mass is 10.1. The molecule has 0 saturated carbocycles. The molecule has 2 N–H and O–H groups in total. The number of rotatable bonds is 9. The van der Waals surface area contributed by atoms with Crippen molar-refractivity contribution in [1.29, 1.82) is 0 Å². The number of aryl methyl sites for hydroxylation is 1. The number of aromatic nitrogens is 1. The van der Waals surface area contributed by atoms with Gasteiger partial charge in [-0.2, -0.15) is 0 Å². The highest BCUT2D eigenvalue weighted by Gasteiger charge is 2.31. The second-order valence-corrected chi connectivity index (χ2v) is 7.10. The number of piperazine rings is 1. The second kappa shape index (κ2) is 10.6. The van der Waals surface area contributed by atoms with Crippen molar-refractivity contribution in [2.75, 3.05) is 26.2 Å². The molecule has 1 saturated heterocycles. The van der Waals surface area contributed by atoms with Gasteiger partial charge in [0.05, 0.1) is 12.5 Å². The largest absolute Gasteiger partial charge is 0.356 e. The molecule has 1 aliphatic rings. The molecule has 3 rings (SSSR count). The van der Waals surface area contributed by atoms with E-state index in [0.717, 1.165) is 37.9 Å². The molecule has 1 unspecified atom stereocenters. The monoisotopic (exact) mass is 380 g/mol. The van der Waals surface area contributed by atoms with Crippen LogP contribution < -0.4 is 10.6 Å². The Kier molecular flexibility index (Phi) is 7.55. The fourth-order valence-corrected chi connectivity index (χ4v) is 3.52. The second-order valence-electron chi connectivity index (χ2n) is 7.10. The fraction of sp³-hybridized carbons (Fsp3) is 0.409. The van der Waals surface area contributed by atoms with Gasteiger partial charge >= 0.3 is 0 Å². The lowest BCUT2D eigenvalue weighted by Gasteiger charge is -2.34. The number of pyridine rings is 1. The maximum Gasteiger partial charge on any atom is 0.237 e. The third kappa shape index (κ3) is 6.16. The van der Waals surface area contributed by atoms with Crippen molar-refractivity contribution in [3.63, 3.8) is 0 Å². The molecule has 148 valence electrons. The molecule has 6 heteroatoms. The third-order valence-corrected chi connectivity index (χ3v) is 5.03. The summed E-state index contributed by atoms with van der Waals surface area (Å²) >= 11 is 0. The van der Waals surface area contributed by atoms with Gasteiger partial charge in [-0.1, -0.05) is 36.4 Å². The van der Waals surface area contributed by atoms with Crippen LogP contribution in [-0.2, 0) is 22.4 Å². The summed E-state index contributed by atoms with van der Waals surface area (Å²) in [6.07, 6.45) is 6.41. The molecule has 28 heavy (non-hydrogen) atoms. The molecule has 1 aliphatic heterocycles. The molecule has 2 heterocycles. The highest BCUT2D eigenvalue weighted by Crippen LogP contribution is 2.11. The van der Waals surface area contributed by atoms with E-state index in [1.165, 1.54) is 5.56 Å². The Morgan fingerprint density at radius 1 is 1.14 bits per heavy atom. The molecule has 1 aromatic heterocycles. The van der Waals surface area contributed by atoms with Crippen molar-refractivity contribution >= 4 is 11.8 Å². The van der Waals surface area contributed by atoms with Crippen molar-refractivity contribution in [3.05, 3.63) is 66.0 Å². The Labute approximate surface area is 166 Å². The van der Waals surface area contributed by atoms with Crippen LogP contribution in [0.25, 0.3) is 0 Å². The van der Waals surface area contributed by atoms with Gasteiger partial charge in [0.25, 0.3) is 0 Å². The summed E-state index contributed by atoms with van der Waals surface area (Å²) in [6, 6.07) is 13.8. The number of amides is 2. The van der Waals surface area contributed by atoms with Crippen LogP contribution in [0.1, 0.15) is 24.0 Å². The number of hydrogen-bond acceptors (Lipinski definition) is 4. The minimum absolute atomic E-state index is 0.0478. The maximum absolute atomic E-state index is 12.4. The van der Waals surface area contributed by atoms with Gasteiger partial charge in [-0.3, -0.25) is 19.5 Å². The highest BCUT2D eigenvalue weighted by atomic mass is 16.2. The van der Waals surface area contributed by atoms with Crippen LogP contribution in [0.2, 0.25) is 0 Å². The molecular weight excluding hydrogens is 352 g/mol. The van der Waals surface area contributed by atoms with Gasteiger partial charge < -0.3 is 10.6 Å². The topological polar surface area (TPSA) is 74.3 Å². The Morgan fingerprint density at radius 3 is 2.75 bits per heavy atom. The lowest BCUT2D eigenvalue weighted by molar-refractivity contribution is -0.133. The van der Waals surface area contributed by atoms with Gasteiger partial charge in [0, 0.05) is 32.0 Å². The lowest BCUT2D eigenvalue weighted by Crippen LogP contribution is -2.56. The van der Waals surface area contributed by atoms with Gasteiger partial charge in [-0.25, -0.2) is 0 Å². The van der Waals surface area contributed by atoms with Gasteiger partial charge in [-0.05, 0) is 43.0 Å². The molecule has 1 atom stereocenters. The van der Waals surface area contributed by atoms with Crippen LogP contribution in [0, 0.1) is 0 Å². The Balaban J connectivity index is 1.44. The summed E-state index contributed by atoms with van der Waals surface area (Å²) in [4.78, 5) is 30.9. The van der Waals surface area contributed by atoms with E-state index in [1.807, 2.05) is 30.3 Å². The molecule has 0 bridgehead atoms. The normalized spacial score (nSPS) is 17.1. The van der Waals surface area contributed by atoms with E-state index in [9.17, 15) is 9.59 Å². The summed E-state index contributed by atoms with van der Waals surface area (Å²) in [5, 5.41) is 5.82. The molecule has 0 spiro atoms. The molecule has 2 aromatic rings. The van der Waals surface area contributed by atoms with Gasteiger partial charge in [0.2, 0.25) is 11.8 Å². The summed E-state index contributed by atoms with van der Waals surface area (Å²) in [6.45, 7) is 2.79. The Bertz CT molecular complexity index is 752.